The number of hydrogen-bond donors (Lipinski definition) is 0. The van der Waals surface area contributed by atoms with Crippen molar-refractivity contribution in [2.24, 2.45) is 0 Å². The molecule has 35 heavy (non-hydrogen) atoms. The summed E-state index contributed by atoms with van der Waals surface area (Å²) in [6.07, 6.45) is 1.69. The third kappa shape index (κ3) is 5.84. The van der Waals surface area contributed by atoms with Gasteiger partial charge in [0.25, 0.3) is 11.1 Å². The first-order valence-electron chi connectivity index (χ1n) is 11.0. The molecule has 1 saturated heterocycles. The van der Waals surface area contributed by atoms with E-state index >= 15 is 0 Å². The molecular weight excluding hydrogens is 505 g/mol. The summed E-state index contributed by atoms with van der Waals surface area (Å²) < 4.78 is 11.7. The van der Waals surface area contributed by atoms with E-state index in [1.54, 1.807) is 42.5 Å². The normalized spacial score (nSPS) is 14.6. The molecule has 4 rings (SSSR count). The van der Waals surface area contributed by atoms with Crippen LogP contribution in [-0.4, -0.2) is 22.7 Å². The van der Waals surface area contributed by atoms with Crippen molar-refractivity contribution in [3.63, 3.8) is 0 Å². The summed E-state index contributed by atoms with van der Waals surface area (Å²) in [5.74, 6) is 0.728. The van der Waals surface area contributed by atoms with Crippen LogP contribution in [0, 0.1) is 6.92 Å². The van der Waals surface area contributed by atoms with Crippen molar-refractivity contribution in [3.8, 4) is 11.5 Å². The molecule has 0 atom stereocenters. The minimum Gasteiger partial charge on any atom is -0.490 e. The highest BCUT2D eigenvalue weighted by Crippen LogP contribution is 2.36. The van der Waals surface area contributed by atoms with Crippen molar-refractivity contribution in [1.29, 1.82) is 0 Å². The number of carbonyl (C=O) groups is 2. The van der Waals surface area contributed by atoms with Crippen LogP contribution in [0.25, 0.3) is 6.08 Å². The lowest BCUT2D eigenvalue weighted by Gasteiger charge is -2.14. The number of hydrogen-bond acceptors (Lipinski definition) is 5. The molecule has 3 aromatic rings. The maximum Gasteiger partial charge on any atom is 0.293 e. The Balaban J connectivity index is 1.53. The van der Waals surface area contributed by atoms with E-state index in [0.29, 0.717) is 38.6 Å². The Morgan fingerprint density at radius 1 is 0.943 bits per heavy atom. The monoisotopic (exact) mass is 527 g/mol. The molecule has 5 nitrogen and oxygen atoms in total. The Morgan fingerprint density at radius 3 is 2.40 bits per heavy atom. The summed E-state index contributed by atoms with van der Waals surface area (Å²) in [7, 11) is 0. The molecular formula is C27H23Cl2NO4S. The fourth-order valence-electron chi connectivity index (χ4n) is 3.57. The highest BCUT2D eigenvalue weighted by atomic mass is 35.5. The number of thioether (sulfide) groups is 1. The van der Waals surface area contributed by atoms with Crippen LogP contribution in [0.5, 0.6) is 11.5 Å². The van der Waals surface area contributed by atoms with Gasteiger partial charge in [-0.1, -0.05) is 59.6 Å². The topological polar surface area (TPSA) is 55.8 Å². The molecule has 1 aliphatic rings. The van der Waals surface area contributed by atoms with Crippen LogP contribution in [0.2, 0.25) is 10.0 Å². The van der Waals surface area contributed by atoms with Gasteiger partial charge < -0.3 is 9.47 Å². The maximum absolute atomic E-state index is 13.0. The van der Waals surface area contributed by atoms with Gasteiger partial charge in [-0.3, -0.25) is 14.5 Å². The van der Waals surface area contributed by atoms with Gasteiger partial charge >= 0.3 is 0 Å². The Bertz CT molecular complexity index is 1290. The highest BCUT2D eigenvalue weighted by Gasteiger charge is 2.35. The van der Waals surface area contributed by atoms with Gasteiger partial charge in [-0.05, 0) is 72.6 Å². The fourth-order valence-corrected chi connectivity index (χ4v) is 4.91. The van der Waals surface area contributed by atoms with Crippen molar-refractivity contribution >= 4 is 52.2 Å². The SMILES string of the molecule is CCOc1cc(/C=C2\SC(=O)N(Cc3ccccc3C)C2=O)ccc1OCc1c(Cl)cccc1Cl. The Kier molecular flexibility index (Phi) is 8.06. The van der Waals surface area contributed by atoms with E-state index in [-0.39, 0.29) is 24.3 Å². The molecule has 180 valence electrons. The zero-order valence-corrected chi connectivity index (χ0v) is 21.5. The number of carbonyl (C=O) groups excluding carboxylic acids is 2. The van der Waals surface area contributed by atoms with Gasteiger partial charge in [-0.15, -0.1) is 0 Å². The summed E-state index contributed by atoms with van der Waals surface area (Å²) >= 11 is 13.4. The molecule has 2 amide bonds. The van der Waals surface area contributed by atoms with Gasteiger partial charge in [-0.2, -0.15) is 0 Å². The average molecular weight is 528 g/mol. The van der Waals surface area contributed by atoms with Gasteiger partial charge in [0.15, 0.2) is 11.5 Å². The number of ether oxygens (including phenoxy) is 2. The second-order valence-electron chi connectivity index (χ2n) is 7.82. The van der Waals surface area contributed by atoms with E-state index in [0.717, 1.165) is 28.5 Å². The van der Waals surface area contributed by atoms with Crippen molar-refractivity contribution in [1.82, 2.24) is 4.90 Å². The third-order valence-electron chi connectivity index (χ3n) is 5.46. The Labute approximate surface area is 218 Å². The molecule has 8 heteroatoms. The average Bonchev–Trinajstić information content (AvgIpc) is 3.09. The van der Waals surface area contributed by atoms with Crippen molar-refractivity contribution in [3.05, 3.63) is 97.9 Å². The molecule has 3 aromatic carbocycles. The number of halogens is 2. The molecule has 1 fully saturated rings. The minimum atomic E-state index is -0.310. The second kappa shape index (κ2) is 11.2. The Hall–Kier alpha value is -2.93. The highest BCUT2D eigenvalue weighted by molar-refractivity contribution is 8.18. The maximum atomic E-state index is 13.0. The molecule has 1 heterocycles. The molecule has 0 bridgehead atoms. The lowest BCUT2D eigenvalue weighted by molar-refractivity contribution is -0.123. The van der Waals surface area contributed by atoms with Crippen molar-refractivity contribution < 1.29 is 19.1 Å². The van der Waals surface area contributed by atoms with E-state index in [9.17, 15) is 9.59 Å². The summed E-state index contributed by atoms with van der Waals surface area (Å²) in [4.78, 5) is 27.2. The number of rotatable bonds is 8. The van der Waals surface area contributed by atoms with E-state index < -0.39 is 0 Å². The second-order valence-corrected chi connectivity index (χ2v) is 9.63. The molecule has 0 N–H and O–H groups in total. The van der Waals surface area contributed by atoms with Crippen molar-refractivity contribution in [2.75, 3.05) is 6.61 Å². The largest absolute Gasteiger partial charge is 0.490 e. The van der Waals surface area contributed by atoms with Crippen LogP contribution in [0.1, 0.15) is 29.2 Å². The molecule has 0 unspecified atom stereocenters. The standard InChI is InChI=1S/C27H23Cl2NO4S/c1-3-33-24-13-18(11-12-23(24)34-16-20-21(28)9-6-10-22(20)29)14-25-26(31)30(27(32)35-25)15-19-8-5-4-7-17(19)2/h4-14H,3,15-16H2,1-2H3/b25-14-. The van der Waals surface area contributed by atoms with Gasteiger partial charge in [0.1, 0.15) is 6.61 Å². The molecule has 0 radical (unpaired) electrons. The summed E-state index contributed by atoms with van der Waals surface area (Å²) in [6, 6.07) is 18.3. The van der Waals surface area contributed by atoms with Gasteiger partial charge in [0.05, 0.1) is 18.1 Å². The molecule has 0 spiro atoms. The number of benzene rings is 3. The van der Waals surface area contributed by atoms with Crippen LogP contribution >= 0.6 is 35.0 Å². The van der Waals surface area contributed by atoms with Crippen LogP contribution in [0.15, 0.2) is 65.6 Å². The minimum absolute atomic E-state index is 0.176. The fraction of sp³-hybridized carbons (Fsp3) is 0.185. The van der Waals surface area contributed by atoms with Crippen LogP contribution in [-0.2, 0) is 17.9 Å². The van der Waals surface area contributed by atoms with Crippen LogP contribution < -0.4 is 9.47 Å². The molecule has 0 aromatic heterocycles. The zero-order chi connectivity index (χ0) is 24.9. The van der Waals surface area contributed by atoms with Gasteiger partial charge in [0, 0.05) is 15.6 Å². The smallest absolute Gasteiger partial charge is 0.293 e. The Morgan fingerprint density at radius 2 is 1.69 bits per heavy atom. The van der Waals surface area contributed by atoms with E-state index in [2.05, 4.69) is 0 Å². The number of imide groups is 1. The van der Waals surface area contributed by atoms with Crippen molar-refractivity contribution in [2.45, 2.75) is 27.0 Å². The first-order chi connectivity index (χ1) is 16.9. The third-order valence-corrected chi connectivity index (χ3v) is 7.08. The van der Waals surface area contributed by atoms with E-state index in [4.69, 9.17) is 32.7 Å². The summed E-state index contributed by atoms with van der Waals surface area (Å²) in [5, 5.41) is 0.758. The quantitative estimate of drug-likeness (QED) is 0.283. The number of nitrogens with zero attached hydrogens (tertiary/aromatic N) is 1. The zero-order valence-electron chi connectivity index (χ0n) is 19.2. The molecule has 0 aliphatic carbocycles. The first kappa shape index (κ1) is 25.2. The molecule has 0 saturated carbocycles. The number of amides is 2. The first-order valence-corrected chi connectivity index (χ1v) is 12.6. The van der Waals surface area contributed by atoms with Gasteiger partial charge in [0.2, 0.25) is 0 Å². The number of aryl methyl sites for hydroxylation is 1. The predicted molar refractivity (Wildman–Crippen MR) is 141 cm³/mol. The molecule has 1 aliphatic heterocycles. The summed E-state index contributed by atoms with van der Waals surface area (Å²) in [6.45, 7) is 4.69. The van der Waals surface area contributed by atoms with Gasteiger partial charge in [-0.25, -0.2) is 0 Å². The summed E-state index contributed by atoms with van der Waals surface area (Å²) in [5.41, 5.74) is 3.38. The van der Waals surface area contributed by atoms with E-state index in [1.807, 2.05) is 38.1 Å². The predicted octanol–water partition coefficient (Wildman–Crippen LogP) is 7.52. The van der Waals surface area contributed by atoms with Crippen LogP contribution in [0.3, 0.4) is 0 Å². The van der Waals surface area contributed by atoms with Crippen LogP contribution in [0.4, 0.5) is 4.79 Å². The lowest BCUT2D eigenvalue weighted by Crippen LogP contribution is -2.27. The lowest BCUT2D eigenvalue weighted by atomic mass is 10.1. The van der Waals surface area contributed by atoms with E-state index in [1.165, 1.54) is 4.90 Å².